The molecule has 0 aliphatic heterocycles. The average molecular weight is 341 g/mol. The molecule has 21 heavy (non-hydrogen) atoms. The number of rotatable bonds is 5. The Morgan fingerprint density at radius 2 is 2.00 bits per heavy atom. The highest BCUT2D eigenvalue weighted by Gasteiger charge is 2.11. The highest BCUT2D eigenvalue weighted by Crippen LogP contribution is 2.29. The minimum absolute atomic E-state index is 0.0552. The summed E-state index contributed by atoms with van der Waals surface area (Å²) in [4.78, 5) is 16.7. The molecule has 2 aromatic rings. The first-order chi connectivity index (χ1) is 10.1. The molecule has 0 aliphatic carbocycles. The average Bonchev–Trinajstić information content (AvgIpc) is 2.49. The van der Waals surface area contributed by atoms with Crippen LogP contribution in [-0.4, -0.2) is 16.6 Å². The van der Waals surface area contributed by atoms with Crippen LogP contribution >= 0.6 is 35.0 Å². The van der Waals surface area contributed by atoms with Gasteiger partial charge in [-0.05, 0) is 42.8 Å². The molecule has 1 aromatic carbocycles. The van der Waals surface area contributed by atoms with Crippen molar-refractivity contribution in [1.29, 1.82) is 0 Å². The van der Waals surface area contributed by atoms with Gasteiger partial charge in [0.25, 0.3) is 0 Å². The number of halogens is 2. The van der Waals surface area contributed by atoms with Gasteiger partial charge < -0.3 is 5.32 Å². The molecule has 0 saturated carbocycles. The van der Waals surface area contributed by atoms with E-state index in [0.29, 0.717) is 10.0 Å². The smallest absolute Gasteiger partial charge is 0.230 e. The first-order valence-electron chi connectivity index (χ1n) is 6.33. The van der Waals surface area contributed by atoms with Gasteiger partial charge in [-0.15, -0.1) is 11.8 Å². The Balaban J connectivity index is 1.89. The van der Waals surface area contributed by atoms with Crippen molar-refractivity contribution < 1.29 is 4.79 Å². The van der Waals surface area contributed by atoms with Gasteiger partial charge in [-0.3, -0.25) is 9.78 Å². The van der Waals surface area contributed by atoms with Gasteiger partial charge in [0, 0.05) is 22.3 Å². The number of carbonyl (C=O) groups excluding carboxylic acids is 1. The lowest BCUT2D eigenvalue weighted by Crippen LogP contribution is -2.28. The summed E-state index contributed by atoms with van der Waals surface area (Å²) in [5, 5.41) is 4.14. The van der Waals surface area contributed by atoms with E-state index in [-0.39, 0.29) is 17.7 Å². The van der Waals surface area contributed by atoms with Crippen molar-refractivity contribution in [2.75, 3.05) is 5.75 Å². The molecule has 1 unspecified atom stereocenters. The van der Waals surface area contributed by atoms with Gasteiger partial charge in [-0.25, -0.2) is 0 Å². The molecule has 2 rings (SSSR count). The van der Waals surface area contributed by atoms with E-state index in [1.54, 1.807) is 30.6 Å². The number of amides is 1. The molecule has 0 saturated heterocycles. The Bertz CT molecular complexity index is 622. The maximum Gasteiger partial charge on any atom is 0.230 e. The SMILES string of the molecule is CC(NC(=O)CSc1cc(Cl)ccc1Cl)c1ccncc1. The van der Waals surface area contributed by atoms with Crippen LogP contribution in [0.3, 0.4) is 0 Å². The van der Waals surface area contributed by atoms with E-state index in [1.807, 2.05) is 19.1 Å². The molecule has 1 aromatic heterocycles. The van der Waals surface area contributed by atoms with Crippen molar-refractivity contribution >= 4 is 40.9 Å². The molecule has 3 nitrogen and oxygen atoms in total. The van der Waals surface area contributed by atoms with Crippen molar-refractivity contribution in [2.45, 2.75) is 17.9 Å². The first-order valence-corrected chi connectivity index (χ1v) is 8.07. The Kier molecular flexibility index (Phi) is 5.91. The molecule has 0 fully saturated rings. The van der Waals surface area contributed by atoms with Crippen LogP contribution in [0.1, 0.15) is 18.5 Å². The molecule has 1 atom stereocenters. The minimum Gasteiger partial charge on any atom is -0.349 e. The number of aromatic nitrogens is 1. The Hall–Kier alpha value is -1.23. The van der Waals surface area contributed by atoms with Gasteiger partial charge in [0.15, 0.2) is 0 Å². The first kappa shape index (κ1) is 16.1. The quantitative estimate of drug-likeness (QED) is 0.822. The monoisotopic (exact) mass is 340 g/mol. The van der Waals surface area contributed by atoms with Gasteiger partial charge >= 0.3 is 0 Å². The molecule has 1 N–H and O–H groups in total. The Morgan fingerprint density at radius 3 is 2.71 bits per heavy atom. The van der Waals surface area contributed by atoms with Crippen LogP contribution in [0.4, 0.5) is 0 Å². The van der Waals surface area contributed by atoms with Crippen molar-refractivity contribution in [3.63, 3.8) is 0 Å². The van der Waals surface area contributed by atoms with E-state index in [9.17, 15) is 4.79 Å². The predicted octanol–water partition coefficient (Wildman–Crippen LogP) is 4.36. The number of nitrogens with zero attached hydrogens (tertiary/aromatic N) is 1. The molecular weight excluding hydrogens is 327 g/mol. The van der Waals surface area contributed by atoms with Crippen molar-refractivity contribution in [3.05, 3.63) is 58.3 Å². The number of nitrogens with one attached hydrogen (secondary N) is 1. The van der Waals surface area contributed by atoms with E-state index < -0.39 is 0 Å². The third-order valence-corrected chi connectivity index (χ3v) is 4.57. The zero-order chi connectivity index (χ0) is 15.2. The number of carbonyl (C=O) groups is 1. The summed E-state index contributed by atoms with van der Waals surface area (Å²) >= 11 is 13.3. The normalized spacial score (nSPS) is 12.0. The molecular formula is C15H14Cl2N2OS. The highest BCUT2D eigenvalue weighted by molar-refractivity contribution is 8.00. The molecule has 1 amide bonds. The summed E-state index contributed by atoms with van der Waals surface area (Å²) < 4.78 is 0. The maximum absolute atomic E-state index is 12.0. The van der Waals surface area contributed by atoms with E-state index in [2.05, 4.69) is 10.3 Å². The third-order valence-electron chi connectivity index (χ3n) is 2.84. The van der Waals surface area contributed by atoms with Crippen LogP contribution in [0.25, 0.3) is 0 Å². The van der Waals surface area contributed by atoms with Gasteiger partial charge in [0.2, 0.25) is 5.91 Å². The van der Waals surface area contributed by atoms with Gasteiger partial charge in [-0.1, -0.05) is 23.2 Å². The molecule has 6 heteroatoms. The maximum atomic E-state index is 12.0. The van der Waals surface area contributed by atoms with Crippen LogP contribution in [-0.2, 0) is 4.79 Å². The molecule has 0 radical (unpaired) electrons. The number of pyridine rings is 1. The van der Waals surface area contributed by atoms with Crippen LogP contribution in [0.15, 0.2) is 47.6 Å². The summed E-state index contributed by atoms with van der Waals surface area (Å²) in [6, 6.07) is 8.91. The molecule has 1 heterocycles. The van der Waals surface area contributed by atoms with Gasteiger partial charge in [0.1, 0.15) is 0 Å². The number of hydrogen-bond acceptors (Lipinski definition) is 3. The second-order valence-corrected chi connectivity index (χ2v) is 6.29. The van der Waals surface area contributed by atoms with Crippen LogP contribution in [0.2, 0.25) is 10.0 Å². The van der Waals surface area contributed by atoms with Crippen molar-refractivity contribution in [3.8, 4) is 0 Å². The molecule has 0 bridgehead atoms. The third kappa shape index (κ3) is 4.92. The fourth-order valence-electron chi connectivity index (χ4n) is 1.75. The van der Waals surface area contributed by atoms with Crippen molar-refractivity contribution in [1.82, 2.24) is 10.3 Å². The van der Waals surface area contributed by atoms with Crippen LogP contribution in [0.5, 0.6) is 0 Å². The Labute approximate surface area is 138 Å². The summed E-state index contributed by atoms with van der Waals surface area (Å²) in [5.41, 5.74) is 1.02. The lowest BCUT2D eigenvalue weighted by molar-refractivity contribution is -0.119. The van der Waals surface area contributed by atoms with Gasteiger partial charge in [0.05, 0.1) is 16.8 Å². The zero-order valence-corrected chi connectivity index (χ0v) is 13.7. The summed E-state index contributed by atoms with van der Waals surface area (Å²) in [5.74, 6) is 0.232. The fraction of sp³-hybridized carbons (Fsp3) is 0.200. The Morgan fingerprint density at radius 1 is 1.29 bits per heavy atom. The van der Waals surface area contributed by atoms with E-state index in [1.165, 1.54) is 11.8 Å². The van der Waals surface area contributed by atoms with E-state index >= 15 is 0 Å². The largest absolute Gasteiger partial charge is 0.349 e. The molecule has 0 spiro atoms. The lowest BCUT2D eigenvalue weighted by atomic mass is 10.1. The lowest BCUT2D eigenvalue weighted by Gasteiger charge is -2.14. The predicted molar refractivity (Wildman–Crippen MR) is 88.0 cm³/mol. The number of thioether (sulfide) groups is 1. The highest BCUT2D eigenvalue weighted by atomic mass is 35.5. The molecule has 0 aliphatic rings. The molecule has 110 valence electrons. The van der Waals surface area contributed by atoms with E-state index in [0.717, 1.165) is 10.5 Å². The summed E-state index contributed by atoms with van der Waals surface area (Å²) in [6.45, 7) is 1.93. The van der Waals surface area contributed by atoms with Crippen LogP contribution in [0, 0.1) is 0 Å². The minimum atomic E-state index is -0.0593. The van der Waals surface area contributed by atoms with Crippen LogP contribution < -0.4 is 5.32 Å². The second kappa shape index (κ2) is 7.69. The summed E-state index contributed by atoms with van der Waals surface area (Å²) in [6.07, 6.45) is 3.41. The summed E-state index contributed by atoms with van der Waals surface area (Å²) in [7, 11) is 0. The standard InChI is InChI=1S/C15H14Cl2N2OS/c1-10(11-4-6-18-7-5-11)19-15(20)9-21-14-8-12(16)2-3-13(14)17/h2-8,10H,9H2,1H3,(H,19,20). The zero-order valence-electron chi connectivity index (χ0n) is 11.3. The number of hydrogen-bond donors (Lipinski definition) is 1. The van der Waals surface area contributed by atoms with Crippen molar-refractivity contribution in [2.24, 2.45) is 0 Å². The topological polar surface area (TPSA) is 42.0 Å². The van der Waals surface area contributed by atoms with E-state index in [4.69, 9.17) is 23.2 Å². The number of benzene rings is 1. The fourth-order valence-corrected chi connectivity index (χ4v) is 3.05. The second-order valence-electron chi connectivity index (χ2n) is 4.43. The van der Waals surface area contributed by atoms with Gasteiger partial charge in [-0.2, -0.15) is 0 Å².